The Morgan fingerprint density at radius 1 is 1.45 bits per heavy atom. The monoisotopic (exact) mass is 284 g/mol. The molecule has 6 nitrogen and oxygen atoms in total. The highest BCUT2D eigenvalue weighted by Crippen LogP contribution is 2.31. The molecular formula is C14H24N2O4. The van der Waals surface area contributed by atoms with Crippen molar-refractivity contribution in [3.63, 3.8) is 0 Å². The molecule has 0 saturated carbocycles. The molecule has 1 amide bonds. The molecule has 0 aromatic carbocycles. The number of ether oxygens (including phenoxy) is 1. The molecular weight excluding hydrogens is 260 g/mol. The van der Waals surface area contributed by atoms with E-state index in [1.54, 1.807) is 4.90 Å². The van der Waals surface area contributed by atoms with Crippen LogP contribution in [0.1, 0.15) is 33.1 Å². The van der Waals surface area contributed by atoms with Crippen molar-refractivity contribution < 1.29 is 19.4 Å². The van der Waals surface area contributed by atoms with Gasteiger partial charge in [0, 0.05) is 13.1 Å². The number of carbonyl (C=O) groups is 2. The van der Waals surface area contributed by atoms with Crippen molar-refractivity contribution in [1.29, 1.82) is 0 Å². The Balaban J connectivity index is 1.99. The standard InChI is InChI=1S/C14H24N2O4/c1-14(2)4-3-5-15-12(14)13(19)16-6-7-20-10(9-16)8-11(17)18/h10,12,15H,3-9H2,1-2H3,(H,17,18). The minimum atomic E-state index is -0.888. The minimum Gasteiger partial charge on any atom is -0.481 e. The van der Waals surface area contributed by atoms with Crippen LogP contribution in [0.25, 0.3) is 0 Å². The summed E-state index contributed by atoms with van der Waals surface area (Å²) in [5, 5.41) is 12.1. The van der Waals surface area contributed by atoms with E-state index in [1.807, 2.05) is 0 Å². The lowest BCUT2D eigenvalue weighted by atomic mass is 9.77. The molecule has 0 aromatic heterocycles. The van der Waals surface area contributed by atoms with E-state index >= 15 is 0 Å². The van der Waals surface area contributed by atoms with Crippen molar-refractivity contribution in [3.05, 3.63) is 0 Å². The fraction of sp³-hybridized carbons (Fsp3) is 0.857. The van der Waals surface area contributed by atoms with Crippen LogP contribution < -0.4 is 5.32 Å². The van der Waals surface area contributed by atoms with Gasteiger partial charge in [0.25, 0.3) is 0 Å². The molecule has 0 spiro atoms. The lowest BCUT2D eigenvalue weighted by Crippen LogP contribution is -2.59. The zero-order chi connectivity index (χ0) is 14.8. The van der Waals surface area contributed by atoms with Crippen LogP contribution in [0.15, 0.2) is 0 Å². The Hall–Kier alpha value is -1.14. The molecule has 2 unspecified atom stereocenters. The first-order valence-electron chi connectivity index (χ1n) is 7.26. The van der Waals surface area contributed by atoms with E-state index in [4.69, 9.17) is 9.84 Å². The predicted molar refractivity (Wildman–Crippen MR) is 73.4 cm³/mol. The second-order valence-electron chi connectivity index (χ2n) is 6.35. The average molecular weight is 284 g/mol. The first-order chi connectivity index (χ1) is 9.40. The van der Waals surface area contributed by atoms with Gasteiger partial charge in [0.15, 0.2) is 0 Å². The van der Waals surface area contributed by atoms with Gasteiger partial charge in [-0.15, -0.1) is 0 Å². The third-order valence-electron chi connectivity index (χ3n) is 4.23. The average Bonchev–Trinajstić information content (AvgIpc) is 2.37. The Kier molecular flexibility index (Phi) is 4.65. The van der Waals surface area contributed by atoms with Crippen molar-refractivity contribution in [2.24, 2.45) is 5.41 Å². The predicted octanol–water partition coefficient (Wildman–Crippen LogP) is 0.467. The lowest BCUT2D eigenvalue weighted by molar-refractivity contribution is -0.150. The molecule has 0 bridgehead atoms. The molecule has 6 heteroatoms. The highest BCUT2D eigenvalue weighted by Gasteiger charge is 2.40. The van der Waals surface area contributed by atoms with Crippen LogP contribution in [0.4, 0.5) is 0 Å². The first kappa shape index (κ1) is 15.3. The summed E-state index contributed by atoms with van der Waals surface area (Å²) in [7, 11) is 0. The number of carboxylic acid groups (broad SMARTS) is 1. The molecule has 0 radical (unpaired) electrons. The summed E-state index contributed by atoms with van der Waals surface area (Å²) in [5.74, 6) is -0.811. The fourth-order valence-corrected chi connectivity index (χ4v) is 3.05. The molecule has 2 aliphatic heterocycles. The number of hydrogen-bond donors (Lipinski definition) is 2. The van der Waals surface area contributed by atoms with E-state index in [0.717, 1.165) is 19.4 Å². The first-order valence-corrected chi connectivity index (χ1v) is 7.26. The van der Waals surface area contributed by atoms with Gasteiger partial charge >= 0.3 is 5.97 Å². The topological polar surface area (TPSA) is 78.9 Å². The third-order valence-corrected chi connectivity index (χ3v) is 4.23. The lowest BCUT2D eigenvalue weighted by Gasteiger charge is -2.42. The highest BCUT2D eigenvalue weighted by atomic mass is 16.5. The van der Waals surface area contributed by atoms with Crippen molar-refractivity contribution in [1.82, 2.24) is 10.2 Å². The van der Waals surface area contributed by atoms with Gasteiger partial charge in [0.1, 0.15) is 0 Å². The maximum atomic E-state index is 12.7. The molecule has 2 saturated heterocycles. The number of morpholine rings is 1. The summed E-state index contributed by atoms with van der Waals surface area (Å²) in [6.07, 6.45) is 1.67. The van der Waals surface area contributed by atoms with Crippen LogP contribution in [0.3, 0.4) is 0 Å². The van der Waals surface area contributed by atoms with Crippen LogP contribution >= 0.6 is 0 Å². The van der Waals surface area contributed by atoms with Gasteiger partial charge in [-0.1, -0.05) is 13.8 Å². The third kappa shape index (κ3) is 3.49. The summed E-state index contributed by atoms with van der Waals surface area (Å²) >= 11 is 0. The number of aliphatic carboxylic acids is 1. The van der Waals surface area contributed by atoms with E-state index in [9.17, 15) is 9.59 Å². The molecule has 0 aromatic rings. The van der Waals surface area contributed by atoms with Crippen molar-refractivity contribution >= 4 is 11.9 Å². The van der Waals surface area contributed by atoms with E-state index in [-0.39, 0.29) is 23.8 Å². The molecule has 2 rings (SSSR count). The van der Waals surface area contributed by atoms with Crippen LogP contribution in [0, 0.1) is 5.41 Å². The smallest absolute Gasteiger partial charge is 0.306 e. The summed E-state index contributed by atoms with van der Waals surface area (Å²) in [6.45, 7) is 6.41. The molecule has 2 fully saturated rings. The van der Waals surface area contributed by atoms with Gasteiger partial charge in [-0.2, -0.15) is 0 Å². The second kappa shape index (κ2) is 6.10. The number of carboxylic acids is 1. The molecule has 20 heavy (non-hydrogen) atoms. The molecule has 2 N–H and O–H groups in total. The van der Waals surface area contributed by atoms with Crippen molar-refractivity contribution in [2.75, 3.05) is 26.2 Å². The molecule has 2 atom stereocenters. The van der Waals surface area contributed by atoms with E-state index in [2.05, 4.69) is 19.2 Å². The van der Waals surface area contributed by atoms with Gasteiger partial charge in [-0.3, -0.25) is 9.59 Å². The second-order valence-corrected chi connectivity index (χ2v) is 6.35. The maximum absolute atomic E-state index is 12.7. The maximum Gasteiger partial charge on any atom is 0.306 e. The zero-order valence-corrected chi connectivity index (χ0v) is 12.2. The minimum absolute atomic E-state index is 0.0503. The van der Waals surface area contributed by atoms with Crippen LogP contribution in [0.5, 0.6) is 0 Å². The number of nitrogens with zero attached hydrogens (tertiary/aromatic N) is 1. The summed E-state index contributed by atoms with van der Waals surface area (Å²) < 4.78 is 5.41. The van der Waals surface area contributed by atoms with Gasteiger partial charge in [0.05, 0.1) is 25.2 Å². The van der Waals surface area contributed by atoms with Gasteiger partial charge in [-0.05, 0) is 24.8 Å². The van der Waals surface area contributed by atoms with Crippen LogP contribution in [-0.2, 0) is 14.3 Å². The SMILES string of the molecule is CC1(C)CCCNC1C(=O)N1CCOC(CC(=O)O)C1. The van der Waals surface area contributed by atoms with E-state index in [1.165, 1.54) is 0 Å². The number of hydrogen-bond acceptors (Lipinski definition) is 4. The van der Waals surface area contributed by atoms with Crippen LogP contribution in [0.2, 0.25) is 0 Å². The van der Waals surface area contributed by atoms with Gasteiger partial charge < -0.3 is 20.1 Å². The fourth-order valence-electron chi connectivity index (χ4n) is 3.05. The van der Waals surface area contributed by atoms with E-state index < -0.39 is 12.1 Å². The Morgan fingerprint density at radius 2 is 2.20 bits per heavy atom. The van der Waals surface area contributed by atoms with Crippen molar-refractivity contribution in [2.45, 2.75) is 45.3 Å². The zero-order valence-electron chi connectivity index (χ0n) is 12.2. The summed E-state index contributed by atoms with van der Waals surface area (Å²) in [6, 6.07) is -0.181. The summed E-state index contributed by atoms with van der Waals surface area (Å²) in [4.78, 5) is 25.2. The van der Waals surface area contributed by atoms with Gasteiger partial charge in [-0.25, -0.2) is 0 Å². The van der Waals surface area contributed by atoms with E-state index in [0.29, 0.717) is 19.7 Å². The Morgan fingerprint density at radius 3 is 2.85 bits per heavy atom. The quantitative estimate of drug-likeness (QED) is 0.787. The number of nitrogens with one attached hydrogen (secondary N) is 1. The molecule has 114 valence electrons. The number of carbonyl (C=O) groups excluding carboxylic acids is 1. The van der Waals surface area contributed by atoms with Crippen LogP contribution in [-0.4, -0.2) is 60.3 Å². The molecule has 0 aliphatic carbocycles. The Bertz CT molecular complexity index is 383. The molecule has 2 aliphatic rings. The summed E-state index contributed by atoms with van der Waals surface area (Å²) in [5.41, 5.74) is -0.0596. The highest BCUT2D eigenvalue weighted by molar-refractivity contribution is 5.83. The number of piperidine rings is 1. The van der Waals surface area contributed by atoms with Gasteiger partial charge in [0.2, 0.25) is 5.91 Å². The normalized spacial score (nSPS) is 30.0. The van der Waals surface area contributed by atoms with Crippen molar-refractivity contribution in [3.8, 4) is 0 Å². The molecule has 2 heterocycles. The number of rotatable bonds is 3. The Labute approximate surface area is 119 Å². The largest absolute Gasteiger partial charge is 0.481 e. The number of amides is 1.